The fraction of sp³-hybridized carbons (Fsp3) is 0.286. The van der Waals surface area contributed by atoms with Crippen LogP contribution in [0.3, 0.4) is 0 Å². The van der Waals surface area contributed by atoms with Crippen molar-refractivity contribution in [2.75, 3.05) is 12.8 Å². The number of anilines is 1. The Labute approximate surface area is 122 Å². The molecule has 2 aromatic rings. The lowest BCUT2D eigenvalue weighted by Gasteiger charge is -2.10. The van der Waals surface area contributed by atoms with Crippen molar-refractivity contribution in [2.45, 2.75) is 20.4 Å². The number of primary amides is 1. The molecule has 112 valence electrons. The Kier molecular flexibility index (Phi) is 4.02. The predicted octanol–water partition coefficient (Wildman–Crippen LogP) is 1.69. The standard InChI is InChI=1S/C14H18N4O3/c1-4-18-14(12(15)8(2)17-18)21-11-6-9(13(16)19)5-10(7-11)20-3/h5-7H,4,15H2,1-3H3,(H2,16,19). The van der Waals surface area contributed by atoms with Crippen LogP contribution >= 0.6 is 0 Å². The van der Waals surface area contributed by atoms with Gasteiger partial charge in [0.1, 0.15) is 17.2 Å². The van der Waals surface area contributed by atoms with E-state index in [0.29, 0.717) is 40.9 Å². The van der Waals surface area contributed by atoms with Crippen molar-refractivity contribution in [3.05, 3.63) is 29.5 Å². The third kappa shape index (κ3) is 2.91. The summed E-state index contributed by atoms with van der Waals surface area (Å²) < 4.78 is 12.6. The van der Waals surface area contributed by atoms with Crippen LogP contribution in [0.15, 0.2) is 18.2 Å². The van der Waals surface area contributed by atoms with Gasteiger partial charge in [-0.2, -0.15) is 5.10 Å². The van der Waals surface area contributed by atoms with Crippen LogP contribution in [-0.4, -0.2) is 22.8 Å². The highest BCUT2D eigenvalue weighted by molar-refractivity contribution is 5.93. The number of methoxy groups -OCH3 is 1. The molecular weight excluding hydrogens is 272 g/mol. The maximum absolute atomic E-state index is 11.3. The minimum absolute atomic E-state index is 0.294. The zero-order valence-corrected chi connectivity index (χ0v) is 12.2. The first-order valence-corrected chi connectivity index (χ1v) is 6.45. The minimum Gasteiger partial charge on any atom is -0.497 e. The number of rotatable bonds is 5. The zero-order valence-electron chi connectivity index (χ0n) is 12.2. The number of hydrogen-bond donors (Lipinski definition) is 2. The van der Waals surface area contributed by atoms with Gasteiger partial charge < -0.3 is 20.9 Å². The molecule has 0 saturated heterocycles. The van der Waals surface area contributed by atoms with Crippen LogP contribution in [0.4, 0.5) is 5.69 Å². The van der Waals surface area contributed by atoms with Crippen molar-refractivity contribution in [1.82, 2.24) is 9.78 Å². The van der Waals surface area contributed by atoms with Gasteiger partial charge in [0.05, 0.1) is 12.8 Å². The number of carbonyl (C=O) groups excluding carboxylic acids is 1. The molecule has 1 aromatic carbocycles. The second kappa shape index (κ2) is 5.74. The first-order chi connectivity index (χ1) is 9.96. The first-order valence-electron chi connectivity index (χ1n) is 6.45. The van der Waals surface area contributed by atoms with E-state index in [2.05, 4.69) is 5.10 Å². The molecule has 1 aromatic heterocycles. The van der Waals surface area contributed by atoms with Gasteiger partial charge in [-0.25, -0.2) is 4.68 Å². The topological polar surface area (TPSA) is 105 Å². The zero-order chi connectivity index (χ0) is 15.6. The van der Waals surface area contributed by atoms with Gasteiger partial charge in [-0.15, -0.1) is 0 Å². The lowest BCUT2D eigenvalue weighted by atomic mass is 10.2. The van der Waals surface area contributed by atoms with Crippen LogP contribution in [-0.2, 0) is 6.54 Å². The number of benzene rings is 1. The molecule has 0 aliphatic heterocycles. The van der Waals surface area contributed by atoms with Crippen LogP contribution < -0.4 is 20.9 Å². The third-order valence-electron chi connectivity index (χ3n) is 3.04. The molecule has 0 bridgehead atoms. The Balaban J connectivity index is 2.44. The van der Waals surface area contributed by atoms with Crippen molar-refractivity contribution >= 4 is 11.6 Å². The molecule has 7 nitrogen and oxygen atoms in total. The van der Waals surface area contributed by atoms with Gasteiger partial charge in [0, 0.05) is 18.2 Å². The Bertz CT molecular complexity index is 679. The molecule has 21 heavy (non-hydrogen) atoms. The Morgan fingerprint density at radius 1 is 1.33 bits per heavy atom. The molecule has 4 N–H and O–H groups in total. The molecule has 0 radical (unpaired) electrons. The number of amides is 1. The van der Waals surface area contributed by atoms with Crippen molar-refractivity contribution in [3.8, 4) is 17.4 Å². The molecule has 7 heteroatoms. The summed E-state index contributed by atoms with van der Waals surface area (Å²) in [4.78, 5) is 11.3. The minimum atomic E-state index is -0.563. The largest absolute Gasteiger partial charge is 0.497 e. The van der Waals surface area contributed by atoms with Gasteiger partial charge >= 0.3 is 0 Å². The number of hydrogen-bond acceptors (Lipinski definition) is 5. The molecule has 0 spiro atoms. The van der Waals surface area contributed by atoms with Crippen LogP contribution in [0.25, 0.3) is 0 Å². The number of nitrogens with zero attached hydrogens (tertiary/aromatic N) is 2. The average Bonchev–Trinajstić information content (AvgIpc) is 2.74. The van der Waals surface area contributed by atoms with Gasteiger partial charge in [0.25, 0.3) is 0 Å². The molecular formula is C14H18N4O3. The molecule has 0 saturated carbocycles. The summed E-state index contributed by atoms with van der Waals surface area (Å²) in [5, 5.41) is 4.27. The number of ether oxygens (including phenoxy) is 2. The smallest absolute Gasteiger partial charge is 0.248 e. The average molecular weight is 290 g/mol. The normalized spacial score (nSPS) is 10.4. The molecule has 1 amide bonds. The molecule has 2 rings (SSSR count). The van der Waals surface area contributed by atoms with Gasteiger partial charge in [0.2, 0.25) is 11.8 Å². The Hall–Kier alpha value is -2.70. The van der Waals surface area contributed by atoms with E-state index < -0.39 is 5.91 Å². The van der Waals surface area contributed by atoms with E-state index in [4.69, 9.17) is 20.9 Å². The molecule has 0 fully saturated rings. The lowest BCUT2D eigenvalue weighted by Crippen LogP contribution is -2.11. The van der Waals surface area contributed by atoms with Crippen molar-refractivity contribution in [1.29, 1.82) is 0 Å². The van der Waals surface area contributed by atoms with Crippen molar-refractivity contribution < 1.29 is 14.3 Å². The second-order valence-corrected chi connectivity index (χ2v) is 4.48. The second-order valence-electron chi connectivity index (χ2n) is 4.48. The summed E-state index contributed by atoms with van der Waals surface area (Å²) in [7, 11) is 1.50. The van der Waals surface area contributed by atoms with E-state index in [1.165, 1.54) is 13.2 Å². The maximum atomic E-state index is 11.3. The number of aryl methyl sites for hydroxylation is 2. The quantitative estimate of drug-likeness (QED) is 0.871. The highest BCUT2D eigenvalue weighted by Crippen LogP contribution is 2.32. The van der Waals surface area contributed by atoms with E-state index in [1.807, 2.05) is 6.92 Å². The highest BCUT2D eigenvalue weighted by Gasteiger charge is 2.15. The molecule has 0 aliphatic carbocycles. The fourth-order valence-electron chi connectivity index (χ4n) is 1.90. The van der Waals surface area contributed by atoms with E-state index in [0.717, 1.165) is 0 Å². The summed E-state index contributed by atoms with van der Waals surface area (Å²) in [6.07, 6.45) is 0. The Morgan fingerprint density at radius 3 is 2.57 bits per heavy atom. The lowest BCUT2D eigenvalue weighted by molar-refractivity contribution is 0.0999. The van der Waals surface area contributed by atoms with Crippen molar-refractivity contribution in [3.63, 3.8) is 0 Å². The summed E-state index contributed by atoms with van der Waals surface area (Å²) in [6.45, 7) is 4.34. The maximum Gasteiger partial charge on any atom is 0.248 e. The summed E-state index contributed by atoms with van der Waals surface area (Å²) in [5.74, 6) is 0.745. The monoisotopic (exact) mass is 290 g/mol. The van der Waals surface area contributed by atoms with Crippen molar-refractivity contribution in [2.24, 2.45) is 5.73 Å². The van der Waals surface area contributed by atoms with E-state index in [9.17, 15) is 4.79 Å². The van der Waals surface area contributed by atoms with Gasteiger partial charge in [-0.05, 0) is 26.0 Å². The molecule has 0 unspecified atom stereocenters. The van der Waals surface area contributed by atoms with Crippen LogP contribution in [0.5, 0.6) is 17.4 Å². The third-order valence-corrected chi connectivity index (χ3v) is 3.04. The van der Waals surface area contributed by atoms with E-state index >= 15 is 0 Å². The summed E-state index contributed by atoms with van der Waals surface area (Å²) in [6, 6.07) is 4.72. The predicted molar refractivity (Wildman–Crippen MR) is 78.6 cm³/mol. The van der Waals surface area contributed by atoms with Gasteiger partial charge in [0.15, 0.2) is 0 Å². The van der Waals surface area contributed by atoms with Gasteiger partial charge in [-0.1, -0.05) is 0 Å². The number of carbonyl (C=O) groups is 1. The molecule has 0 aliphatic rings. The Morgan fingerprint density at radius 2 is 2.00 bits per heavy atom. The van der Waals surface area contributed by atoms with Crippen LogP contribution in [0, 0.1) is 6.92 Å². The van der Waals surface area contributed by atoms with Crippen LogP contribution in [0.1, 0.15) is 23.0 Å². The summed E-state index contributed by atoms with van der Waals surface area (Å²) in [5.41, 5.74) is 12.7. The number of nitrogen functional groups attached to an aromatic ring is 1. The fourth-order valence-corrected chi connectivity index (χ4v) is 1.90. The first kappa shape index (κ1) is 14.7. The molecule has 1 heterocycles. The molecule has 0 atom stereocenters. The SMILES string of the molecule is CCn1nc(C)c(N)c1Oc1cc(OC)cc(C(N)=O)c1. The summed E-state index contributed by atoms with van der Waals surface area (Å²) >= 11 is 0. The van der Waals surface area contributed by atoms with Crippen LogP contribution in [0.2, 0.25) is 0 Å². The number of aromatic nitrogens is 2. The number of nitrogens with two attached hydrogens (primary N) is 2. The highest BCUT2D eigenvalue weighted by atomic mass is 16.5. The van der Waals surface area contributed by atoms with E-state index in [1.54, 1.807) is 23.7 Å². The van der Waals surface area contributed by atoms with Gasteiger partial charge in [-0.3, -0.25) is 4.79 Å². The van der Waals surface area contributed by atoms with E-state index in [-0.39, 0.29) is 0 Å².